The molecule has 0 spiro atoms. The monoisotopic (exact) mass is 780 g/mol. The minimum absolute atomic E-state index is 0.0130. The third-order valence-corrected chi connectivity index (χ3v) is 10.7. The van der Waals surface area contributed by atoms with Gasteiger partial charge in [-0.2, -0.15) is 26.3 Å². The number of nitrogens with zero attached hydrogens (tertiary/aromatic N) is 2. The number of sulfone groups is 2. The molecule has 0 aliphatic carbocycles. The van der Waals surface area contributed by atoms with E-state index in [1.165, 1.54) is 97.1 Å². The Labute approximate surface area is 305 Å². The summed E-state index contributed by atoms with van der Waals surface area (Å²) in [6.45, 7) is 0. The molecule has 6 rings (SSSR count). The summed E-state index contributed by atoms with van der Waals surface area (Å²) < 4.78 is 130. The Hall–Kier alpha value is -5.67. The van der Waals surface area contributed by atoms with Crippen LogP contribution in [0.15, 0.2) is 131 Å². The van der Waals surface area contributed by atoms with E-state index in [1.807, 2.05) is 0 Å². The Balaban J connectivity index is 1.31. The molecule has 4 aromatic carbocycles. The van der Waals surface area contributed by atoms with Crippen LogP contribution >= 0.6 is 0 Å². The summed E-state index contributed by atoms with van der Waals surface area (Å²) >= 11 is 0. The SMILES string of the molecule is CS(=O)(=O)c1ccc(-c2cc(C(F)(F)F)cnc2-c2ccc(C(=O)c3ccc(-c4ncc(C(F)(F)F)cc4-c4ccc(S(C)(=O)=O)cc4)cc3)cc2)cc1. The molecule has 0 saturated heterocycles. The molecule has 0 fully saturated rings. The number of ketones is 1. The highest BCUT2D eigenvalue weighted by atomic mass is 32.2. The Morgan fingerprint density at radius 2 is 0.778 bits per heavy atom. The number of pyridine rings is 2. The van der Waals surface area contributed by atoms with Crippen LogP contribution in [-0.4, -0.2) is 45.1 Å². The summed E-state index contributed by atoms with van der Waals surface area (Å²) in [6.07, 6.45) is -6.01. The molecule has 6 aromatic rings. The summed E-state index contributed by atoms with van der Waals surface area (Å²) in [7, 11) is -7.12. The highest BCUT2D eigenvalue weighted by Crippen LogP contribution is 2.39. The molecule has 54 heavy (non-hydrogen) atoms. The molecule has 0 saturated carbocycles. The lowest BCUT2D eigenvalue weighted by Gasteiger charge is -2.14. The third kappa shape index (κ3) is 8.11. The Morgan fingerprint density at radius 3 is 1.06 bits per heavy atom. The van der Waals surface area contributed by atoms with Crippen molar-refractivity contribution in [3.8, 4) is 44.8 Å². The van der Waals surface area contributed by atoms with Gasteiger partial charge in [0, 0.05) is 58.3 Å². The van der Waals surface area contributed by atoms with Gasteiger partial charge in [-0.1, -0.05) is 72.8 Å². The van der Waals surface area contributed by atoms with E-state index >= 15 is 0 Å². The third-order valence-electron chi connectivity index (χ3n) is 8.46. The molecule has 276 valence electrons. The van der Waals surface area contributed by atoms with Gasteiger partial charge in [-0.25, -0.2) is 16.8 Å². The first-order chi connectivity index (χ1) is 25.2. The molecule has 2 aromatic heterocycles. The van der Waals surface area contributed by atoms with Crippen LogP contribution in [0.2, 0.25) is 0 Å². The van der Waals surface area contributed by atoms with Gasteiger partial charge < -0.3 is 0 Å². The summed E-state index contributed by atoms with van der Waals surface area (Å²) in [5, 5.41) is 0. The fourth-order valence-electron chi connectivity index (χ4n) is 5.63. The van der Waals surface area contributed by atoms with Crippen molar-refractivity contribution in [2.75, 3.05) is 12.5 Å². The summed E-state index contributed by atoms with van der Waals surface area (Å²) in [5.74, 6) is -0.429. The van der Waals surface area contributed by atoms with Crippen molar-refractivity contribution in [3.05, 3.63) is 144 Å². The molecule has 0 unspecified atom stereocenters. The van der Waals surface area contributed by atoms with Crippen molar-refractivity contribution >= 4 is 25.5 Å². The maximum atomic E-state index is 13.6. The normalized spacial score (nSPS) is 12.4. The zero-order chi connectivity index (χ0) is 39.2. The molecule has 0 bridgehead atoms. The molecule has 0 N–H and O–H groups in total. The van der Waals surface area contributed by atoms with Gasteiger partial charge in [0.15, 0.2) is 25.5 Å². The van der Waals surface area contributed by atoms with E-state index in [2.05, 4.69) is 9.97 Å². The van der Waals surface area contributed by atoms with Gasteiger partial charge in [-0.3, -0.25) is 14.8 Å². The van der Waals surface area contributed by atoms with Gasteiger partial charge in [-0.05, 0) is 47.5 Å². The maximum Gasteiger partial charge on any atom is 0.417 e. The smallest absolute Gasteiger partial charge is 0.289 e. The lowest BCUT2D eigenvalue weighted by atomic mass is 9.94. The molecular formula is C39H26F6N2O5S2. The molecule has 0 atom stereocenters. The average molecular weight is 781 g/mol. The Kier molecular flexibility index (Phi) is 9.84. The van der Waals surface area contributed by atoms with Gasteiger partial charge in [0.1, 0.15) is 0 Å². The molecule has 2 heterocycles. The van der Waals surface area contributed by atoms with Crippen LogP contribution in [0.4, 0.5) is 26.3 Å². The van der Waals surface area contributed by atoms with Crippen LogP contribution in [0.1, 0.15) is 27.0 Å². The van der Waals surface area contributed by atoms with Crippen LogP contribution in [0.25, 0.3) is 44.8 Å². The van der Waals surface area contributed by atoms with Crippen LogP contribution < -0.4 is 0 Å². The summed E-state index contributed by atoms with van der Waals surface area (Å²) in [4.78, 5) is 21.6. The zero-order valence-corrected chi connectivity index (χ0v) is 29.7. The largest absolute Gasteiger partial charge is 0.417 e. The predicted octanol–water partition coefficient (Wildman–Crippen LogP) is 9.22. The van der Waals surface area contributed by atoms with E-state index in [9.17, 15) is 48.0 Å². The second kappa shape index (κ2) is 14.0. The lowest BCUT2D eigenvalue weighted by molar-refractivity contribution is -0.138. The number of alkyl halides is 6. The van der Waals surface area contributed by atoms with Gasteiger partial charge in [0.25, 0.3) is 0 Å². The lowest BCUT2D eigenvalue weighted by Crippen LogP contribution is -2.07. The zero-order valence-electron chi connectivity index (χ0n) is 28.1. The van der Waals surface area contributed by atoms with Crippen molar-refractivity contribution in [2.24, 2.45) is 0 Å². The van der Waals surface area contributed by atoms with Gasteiger partial charge >= 0.3 is 12.4 Å². The van der Waals surface area contributed by atoms with Crippen molar-refractivity contribution in [1.82, 2.24) is 9.97 Å². The number of aromatic nitrogens is 2. The first-order valence-corrected chi connectivity index (χ1v) is 19.5. The fraction of sp³-hybridized carbons (Fsp3) is 0.103. The van der Waals surface area contributed by atoms with Crippen LogP contribution in [-0.2, 0) is 32.0 Å². The molecular weight excluding hydrogens is 755 g/mol. The summed E-state index contributed by atoms with van der Waals surface area (Å²) in [6, 6.07) is 24.4. The fourth-order valence-corrected chi connectivity index (χ4v) is 6.89. The highest BCUT2D eigenvalue weighted by Gasteiger charge is 2.33. The standard InChI is InChI=1S/C39H26F6N2O5S2/c1-53(49,50)31-15-11-23(12-16-31)33-19-29(38(40,41)42)21-46-35(33)25-3-7-27(8-4-25)37(48)28-9-5-26(6-10-28)36-34(20-30(22-47-36)39(43,44)45)24-13-17-32(18-14-24)54(2,51)52/h3-22H,1-2H3. The molecule has 15 heteroatoms. The second-order valence-corrected chi connectivity index (χ2v) is 16.3. The first-order valence-electron chi connectivity index (χ1n) is 15.7. The molecule has 0 amide bonds. The van der Waals surface area contributed by atoms with Crippen LogP contribution in [0.3, 0.4) is 0 Å². The predicted molar refractivity (Wildman–Crippen MR) is 190 cm³/mol. The van der Waals surface area contributed by atoms with Gasteiger partial charge in [-0.15, -0.1) is 0 Å². The second-order valence-electron chi connectivity index (χ2n) is 12.3. The number of carbonyl (C=O) groups excluding carboxylic acids is 1. The van der Waals surface area contributed by atoms with E-state index in [0.717, 1.165) is 24.6 Å². The first kappa shape index (κ1) is 38.1. The van der Waals surface area contributed by atoms with Crippen molar-refractivity contribution in [2.45, 2.75) is 22.1 Å². The van der Waals surface area contributed by atoms with E-state index in [1.54, 1.807) is 0 Å². The van der Waals surface area contributed by atoms with Crippen molar-refractivity contribution in [1.29, 1.82) is 0 Å². The average Bonchev–Trinajstić information content (AvgIpc) is 3.13. The van der Waals surface area contributed by atoms with Crippen LogP contribution in [0.5, 0.6) is 0 Å². The molecule has 0 aliphatic rings. The van der Waals surface area contributed by atoms with E-state index in [4.69, 9.17) is 0 Å². The number of carbonyl (C=O) groups is 1. The number of hydrogen-bond acceptors (Lipinski definition) is 7. The quantitative estimate of drug-likeness (QED) is 0.112. The molecule has 7 nitrogen and oxygen atoms in total. The Bertz CT molecular complexity index is 2420. The Morgan fingerprint density at radius 1 is 0.481 bits per heavy atom. The number of hydrogen-bond donors (Lipinski definition) is 0. The molecule has 0 aliphatic heterocycles. The van der Waals surface area contributed by atoms with Gasteiger partial charge in [0.2, 0.25) is 0 Å². The minimum atomic E-state index is -4.70. The van der Waals surface area contributed by atoms with Crippen LogP contribution in [0, 0.1) is 0 Å². The minimum Gasteiger partial charge on any atom is -0.289 e. The van der Waals surface area contributed by atoms with E-state index < -0.39 is 48.9 Å². The number of halogens is 6. The van der Waals surface area contributed by atoms with Crippen molar-refractivity contribution in [3.63, 3.8) is 0 Å². The summed E-state index contributed by atoms with van der Waals surface area (Å²) in [5.41, 5.74) is 0.234. The topological polar surface area (TPSA) is 111 Å². The molecule has 0 radical (unpaired) electrons. The highest BCUT2D eigenvalue weighted by molar-refractivity contribution is 7.91. The van der Waals surface area contributed by atoms with E-state index in [0.29, 0.717) is 23.5 Å². The number of rotatable bonds is 8. The number of benzene rings is 4. The van der Waals surface area contributed by atoms with Crippen molar-refractivity contribution < 1.29 is 48.0 Å². The van der Waals surface area contributed by atoms with E-state index in [-0.39, 0.29) is 54.6 Å². The maximum absolute atomic E-state index is 13.6. The van der Waals surface area contributed by atoms with Gasteiger partial charge in [0.05, 0.1) is 32.3 Å².